The fourth-order valence-electron chi connectivity index (χ4n) is 6.08. The standard InChI is InChI=1S/C42H34N2O5S/c1-27-15-33-23-43-35-11-5-13-37(21-35)50(47,48)38-14-6-12-36(22-38)44-24-34-16-28(2)18-40(42(34)46)32-10-4-8-30(20-32)26-49-25-29-7-3-9-31(19-29)39(17-27)41(33)45/h3-24,45-46H,25-26H2,1-2H3. The minimum Gasteiger partial charge on any atom is -0.507 e. The van der Waals surface area contributed by atoms with Gasteiger partial charge in [-0.1, -0.05) is 48.5 Å². The van der Waals surface area contributed by atoms with Gasteiger partial charge in [0.2, 0.25) is 9.84 Å². The van der Waals surface area contributed by atoms with E-state index in [9.17, 15) is 18.6 Å². The molecule has 1 aliphatic heterocycles. The van der Waals surface area contributed by atoms with E-state index >= 15 is 0 Å². The Morgan fingerprint density at radius 1 is 0.560 bits per heavy atom. The van der Waals surface area contributed by atoms with Crippen molar-refractivity contribution in [3.05, 3.63) is 155 Å². The van der Waals surface area contributed by atoms with Crippen molar-refractivity contribution in [2.24, 2.45) is 9.98 Å². The molecular weight excluding hydrogens is 645 g/mol. The van der Waals surface area contributed by atoms with Gasteiger partial charge in [0.1, 0.15) is 11.5 Å². The molecule has 0 fully saturated rings. The summed E-state index contributed by atoms with van der Waals surface area (Å²) < 4.78 is 33.7. The van der Waals surface area contributed by atoms with E-state index in [4.69, 9.17) is 4.74 Å². The van der Waals surface area contributed by atoms with Gasteiger partial charge in [0, 0.05) is 34.7 Å². The van der Waals surface area contributed by atoms with Crippen LogP contribution in [-0.2, 0) is 27.8 Å². The molecule has 1 aliphatic rings. The normalized spacial score (nSPS) is 13.9. The van der Waals surface area contributed by atoms with Crippen molar-refractivity contribution in [3.8, 4) is 33.8 Å². The number of hydrogen-bond acceptors (Lipinski definition) is 7. The number of sulfone groups is 1. The third-order valence-electron chi connectivity index (χ3n) is 8.54. The van der Waals surface area contributed by atoms with Crippen LogP contribution in [0.1, 0.15) is 33.4 Å². The number of rotatable bonds is 0. The molecule has 0 aliphatic carbocycles. The molecule has 12 bridgehead atoms. The number of ether oxygens (including phenoxy) is 1. The second-order valence-corrected chi connectivity index (χ2v) is 14.4. The van der Waals surface area contributed by atoms with Crippen LogP contribution in [0.25, 0.3) is 22.3 Å². The molecule has 0 atom stereocenters. The molecular formula is C42H34N2O5S. The smallest absolute Gasteiger partial charge is 0.206 e. The van der Waals surface area contributed by atoms with E-state index in [0.29, 0.717) is 46.8 Å². The lowest BCUT2D eigenvalue weighted by Crippen LogP contribution is -2.01. The summed E-state index contributed by atoms with van der Waals surface area (Å²) in [6.45, 7) is 4.61. The summed E-state index contributed by atoms with van der Waals surface area (Å²) in [6.07, 6.45) is 3.09. The molecule has 6 aromatic carbocycles. The molecule has 6 aromatic rings. The van der Waals surface area contributed by atoms with E-state index in [1.807, 2.05) is 86.6 Å². The van der Waals surface area contributed by atoms with E-state index in [-0.39, 0.29) is 21.3 Å². The van der Waals surface area contributed by atoms with Gasteiger partial charge < -0.3 is 14.9 Å². The van der Waals surface area contributed by atoms with Crippen LogP contribution in [0, 0.1) is 13.8 Å². The summed E-state index contributed by atoms with van der Waals surface area (Å²) >= 11 is 0. The predicted molar refractivity (Wildman–Crippen MR) is 198 cm³/mol. The lowest BCUT2D eigenvalue weighted by Gasteiger charge is -2.13. The summed E-state index contributed by atoms with van der Waals surface area (Å²) in [5, 5.41) is 22.7. The van der Waals surface area contributed by atoms with Crippen LogP contribution in [-0.4, -0.2) is 31.1 Å². The number of aryl methyl sites for hydroxylation is 2. The van der Waals surface area contributed by atoms with Crippen molar-refractivity contribution >= 4 is 33.6 Å². The summed E-state index contributed by atoms with van der Waals surface area (Å²) in [4.78, 5) is 9.25. The maximum absolute atomic E-state index is 13.8. The zero-order chi connectivity index (χ0) is 34.8. The van der Waals surface area contributed by atoms with Crippen molar-refractivity contribution in [2.75, 3.05) is 0 Å². The molecule has 0 saturated carbocycles. The van der Waals surface area contributed by atoms with Gasteiger partial charge in [-0.2, -0.15) is 0 Å². The van der Waals surface area contributed by atoms with Gasteiger partial charge in [0.05, 0.1) is 34.4 Å². The minimum atomic E-state index is -3.93. The minimum absolute atomic E-state index is 0.0689. The molecule has 2 N–H and O–H groups in total. The van der Waals surface area contributed by atoms with Gasteiger partial charge in [-0.15, -0.1) is 0 Å². The van der Waals surface area contributed by atoms with E-state index in [1.165, 1.54) is 24.3 Å². The Morgan fingerprint density at radius 2 is 1.00 bits per heavy atom. The molecule has 7 rings (SSSR count). The first kappa shape index (κ1) is 32.7. The van der Waals surface area contributed by atoms with Crippen LogP contribution < -0.4 is 0 Å². The van der Waals surface area contributed by atoms with Crippen molar-refractivity contribution in [1.29, 1.82) is 0 Å². The third kappa shape index (κ3) is 6.85. The molecule has 0 saturated heterocycles. The summed E-state index contributed by atoms with van der Waals surface area (Å²) in [7, 11) is -3.93. The molecule has 0 radical (unpaired) electrons. The van der Waals surface area contributed by atoms with E-state index in [2.05, 4.69) is 9.98 Å². The third-order valence-corrected chi connectivity index (χ3v) is 10.3. The Labute approximate surface area is 291 Å². The SMILES string of the molecule is Cc1cc2c(O)c(c1)-c1cccc(c1)COCc1cccc(c1)-c1cc(C)cc(c1O)C=Nc1cccc(c1)S(=O)(=O)c1cccc(c1)N=C2. The molecule has 0 aromatic heterocycles. The lowest BCUT2D eigenvalue weighted by molar-refractivity contribution is 0.107. The summed E-state index contributed by atoms with van der Waals surface area (Å²) in [5.74, 6) is 0.138. The van der Waals surface area contributed by atoms with E-state index < -0.39 is 9.84 Å². The first-order valence-electron chi connectivity index (χ1n) is 16.1. The number of nitrogens with zero attached hydrogens (tertiary/aromatic N) is 2. The number of phenolic OH excluding ortho intramolecular Hbond substituents is 2. The van der Waals surface area contributed by atoms with Gasteiger partial charge in [0.25, 0.3) is 0 Å². The second kappa shape index (κ2) is 13.6. The summed E-state index contributed by atoms with van der Waals surface area (Å²) in [6, 6.07) is 36.0. The monoisotopic (exact) mass is 678 g/mol. The molecule has 0 amide bonds. The van der Waals surface area contributed by atoms with Crippen molar-refractivity contribution < 1.29 is 23.4 Å². The highest BCUT2D eigenvalue weighted by Crippen LogP contribution is 2.36. The lowest BCUT2D eigenvalue weighted by atomic mass is 9.97. The fraction of sp³-hybridized carbons (Fsp3) is 0.0952. The van der Waals surface area contributed by atoms with Crippen LogP contribution in [0.2, 0.25) is 0 Å². The highest BCUT2D eigenvalue weighted by Gasteiger charge is 2.19. The number of benzene rings is 6. The van der Waals surface area contributed by atoms with Crippen LogP contribution in [0.4, 0.5) is 11.4 Å². The first-order valence-corrected chi connectivity index (χ1v) is 17.6. The Kier molecular flexibility index (Phi) is 8.89. The number of aliphatic imine (C=N–C) groups is 2. The molecule has 50 heavy (non-hydrogen) atoms. The Morgan fingerprint density at radius 3 is 1.46 bits per heavy atom. The molecule has 1 heterocycles. The number of phenols is 2. The van der Waals surface area contributed by atoms with Gasteiger partial charge >= 0.3 is 0 Å². The Balaban J connectivity index is 1.35. The number of aromatic hydroxyl groups is 2. The average Bonchev–Trinajstić information content (AvgIpc) is 3.12. The van der Waals surface area contributed by atoms with Crippen LogP contribution in [0.15, 0.2) is 141 Å². The van der Waals surface area contributed by atoms with E-state index in [0.717, 1.165) is 33.4 Å². The van der Waals surface area contributed by atoms with Gasteiger partial charge in [-0.05, 0) is 120 Å². The molecule has 248 valence electrons. The number of hydrogen-bond donors (Lipinski definition) is 2. The maximum Gasteiger partial charge on any atom is 0.206 e. The molecule has 7 nitrogen and oxygen atoms in total. The highest BCUT2D eigenvalue weighted by molar-refractivity contribution is 7.91. The number of fused-ring (bicyclic) bond motifs is 14. The van der Waals surface area contributed by atoms with Crippen LogP contribution in [0.3, 0.4) is 0 Å². The second-order valence-electron chi connectivity index (χ2n) is 12.4. The van der Waals surface area contributed by atoms with Gasteiger partial charge in [-0.25, -0.2) is 8.42 Å². The van der Waals surface area contributed by atoms with Crippen molar-refractivity contribution in [3.63, 3.8) is 0 Å². The zero-order valence-electron chi connectivity index (χ0n) is 27.5. The largest absolute Gasteiger partial charge is 0.507 e. The van der Waals surface area contributed by atoms with Crippen molar-refractivity contribution in [2.45, 2.75) is 36.9 Å². The van der Waals surface area contributed by atoms with Gasteiger partial charge in [0.15, 0.2) is 0 Å². The first-order chi connectivity index (χ1) is 24.1. The zero-order valence-corrected chi connectivity index (χ0v) is 28.4. The summed E-state index contributed by atoms with van der Waals surface area (Å²) in [5.41, 5.74) is 8.55. The van der Waals surface area contributed by atoms with Gasteiger partial charge in [-0.3, -0.25) is 9.98 Å². The Hall–Kier alpha value is -5.83. The van der Waals surface area contributed by atoms with Crippen molar-refractivity contribution in [1.82, 2.24) is 0 Å². The predicted octanol–water partition coefficient (Wildman–Crippen LogP) is 9.41. The van der Waals surface area contributed by atoms with Crippen LogP contribution in [0.5, 0.6) is 11.5 Å². The molecule has 0 spiro atoms. The topological polar surface area (TPSA) is 109 Å². The molecule has 0 unspecified atom stereocenters. The quantitative estimate of drug-likeness (QED) is 0.166. The van der Waals surface area contributed by atoms with Crippen LogP contribution >= 0.6 is 0 Å². The fourth-order valence-corrected chi connectivity index (χ4v) is 7.42. The highest BCUT2D eigenvalue weighted by atomic mass is 32.2. The Bertz CT molecular complexity index is 2270. The van der Waals surface area contributed by atoms with E-state index in [1.54, 1.807) is 36.7 Å². The average molecular weight is 679 g/mol. The maximum atomic E-state index is 13.8. The molecule has 8 heteroatoms.